The van der Waals surface area contributed by atoms with Gasteiger partial charge in [0, 0.05) is 12.1 Å². The largest absolute Gasteiger partial charge is 0.306 e. The Labute approximate surface area is 127 Å². The molecule has 4 rings (SSSR count). The molecule has 0 spiro atoms. The second-order valence-corrected chi connectivity index (χ2v) is 6.77. The van der Waals surface area contributed by atoms with E-state index in [0.29, 0.717) is 12.1 Å². The first kappa shape index (κ1) is 13.1. The molecule has 2 aromatic carbocycles. The summed E-state index contributed by atoms with van der Waals surface area (Å²) in [6, 6.07) is 19.2. The van der Waals surface area contributed by atoms with Crippen LogP contribution in [0, 0.1) is 12.8 Å². The molecule has 0 aromatic heterocycles. The van der Waals surface area contributed by atoms with E-state index in [1.165, 1.54) is 47.9 Å². The van der Waals surface area contributed by atoms with Gasteiger partial charge in [-0.3, -0.25) is 0 Å². The van der Waals surface area contributed by atoms with Crippen LogP contribution in [0.25, 0.3) is 0 Å². The van der Waals surface area contributed by atoms with Crippen molar-refractivity contribution < 1.29 is 0 Å². The molecule has 2 aliphatic carbocycles. The molecule has 1 nitrogen and oxygen atoms in total. The summed E-state index contributed by atoms with van der Waals surface area (Å²) in [4.78, 5) is 0. The summed E-state index contributed by atoms with van der Waals surface area (Å²) < 4.78 is 0. The Bertz CT molecular complexity index is 600. The maximum Gasteiger partial charge on any atom is 0.0351 e. The van der Waals surface area contributed by atoms with Gasteiger partial charge in [0.1, 0.15) is 0 Å². The van der Waals surface area contributed by atoms with Gasteiger partial charge in [0.15, 0.2) is 0 Å². The SMILES string of the molecule is Cc1ccc(C(NC2Cc3ccccc3C2)C2CC2)cc1. The number of rotatable bonds is 4. The van der Waals surface area contributed by atoms with Gasteiger partial charge in [-0.2, -0.15) is 0 Å². The maximum atomic E-state index is 3.96. The summed E-state index contributed by atoms with van der Waals surface area (Å²) in [5, 5.41) is 3.96. The van der Waals surface area contributed by atoms with Gasteiger partial charge < -0.3 is 5.32 Å². The summed E-state index contributed by atoms with van der Waals surface area (Å²) >= 11 is 0. The molecule has 1 heteroatoms. The number of hydrogen-bond donors (Lipinski definition) is 1. The normalized spacial score (nSPS) is 19.5. The minimum Gasteiger partial charge on any atom is -0.306 e. The van der Waals surface area contributed by atoms with E-state index in [9.17, 15) is 0 Å². The quantitative estimate of drug-likeness (QED) is 0.883. The van der Waals surface area contributed by atoms with Crippen LogP contribution in [-0.4, -0.2) is 6.04 Å². The molecular weight excluding hydrogens is 254 g/mol. The Kier molecular flexibility index (Phi) is 3.31. The van der Waals surface area contributed by atoms with Crippen molar-refractivity contribution in [1.29, 1.82) is 0 Å². The van der Waals surface area contributed by atoms with Crippen LogP contribution in [-0.2, 0) is 12.8 Å². The monoisotopic (exact) mass is 277 g/mol. The van der Waals surface area contributed by atoms with Crippen LogP contribution in [0.5, 0.6) is 0 Å². The van der Waals surface area contributed by atoms with Crippen LogP contribution in [0.3, 0.4) is 0 Å². The molecule has 1 atom stereocenters. The minimum absolute atomic E-state index is 0.546. The van der Waals surface area contributed by atoms with Gasteiger partial charge in [0.2, 0.25) is 0 Å². The molecule has 1 fully saturated rings. The van der Waals surface area contributed by atoms with Crippen molar-refractivity contribution in [2.75, 3.05) is 0 Å². The van der Waals surface area contributed by atoms with Crippen molar-refractivity contribution in [1.82, 2.24) is 5.32 Å². The van der Waals surface area contributed by atoms with Gasteiger partial charge in [-0.25, -0.2) is 0 Å². The second kappa shape index (κ2) is 5.31. The van der Waals surface area contributed by atoms with Crippen molar-refractivity contribution in [3.8, 4) is 0 Å². The van der Waals surface area contributed by atoms with Crippen LogP contribution < -0.4 is 5.32 Å². The fourth-order valence-corrected chi connectivity index (χ4v) is 3.64. The molecule has 0 saturated heterocycles. The minimum atomic E-state index is 0.546. The summed E-state index contributed by atoms with van der Waals surface area (Å²) in [5.41, 5.74) is 5.89. The van der Waals surface area contributed by atoms with Crippen molar-refractivity contribution >= 4 is 0 Å². The number of aryl methyl sites for hydroxylation is 1. The summed E-state index contributed by atoms with van der Waals surface area (Å²) in [5.74, 6) is 0.844. The number of benzene rings is 2. The Morgan fingerprint density at radius 2 is 1.52 bits per heavy atom. The highest BCUT2D eigenvalue weighted by molar-refractivity contribution is 5.34. The van der Waals surface area contributed by atoms with Crippen molar-refractivity contribution in [3.63, 3.8) is 0 Å². The van der Waals surface area contributed by atoms with Crippen molar-refractivity contribution in [2.24, 2.45) is 5.92 Å². The van der Waals surface area contributed by atoms with Crippen molar-refractivity contribution in [2.45, 2.75) is 44.7 Å². The lowest BCUT2D eigenvalue weighted by atomic mass is 9.99. The predicted octanol–water partition coefficient (Wildman–Crippen LogP) is 4.20. The molecule has 1 saturated carbocycles. The zero-order valence-corrected chi connectivity index (χ0v) is 12.7. The van der Waals surface area contributed by atoms with E-state index in [1.807, 2.05) is 0 Å². The first-order valence-electron chi connectivity index (χ1n) is 8.19. The highest BCUT2D eigenvalue weighted by Gasteiger charge is 2.34. The Balaban J connectivity index is 1.51. The summed E-state index contributed by atoms with van der Waals surface area (Å²) in [7, 11) is 0. The lowest BCUT2D eigenvalue weighted by Crippen LogP contribution is -2.34. The first-order valence-corrected chi connectivity index (χ1v) is 8.19. The number of nitrogens with one attached hydrogen (secondary N) is 1. The summed E-state index contributed by atoms with van der Waals surface area (Å²) in [6.07, 6.45) is 5.13. The average Bonchev–Trinajstić information content (AvgIpc) is 3.25. The van der Waals surface area contributed by atoms with E-state index in [4.69, 9.17) is 0 Å². The lowest BCUT2D eigenvalue weighted by Gasteiger charge is -2.23. The molecule has 21 heavy (non-hydrogen) atoms. The Morgan fingerprint density at radius 1 is 0.905 bits per heavy atom. The van der Waals surface area contributed by atoms with E-state index in [0.717, 1.165) is 5.92 Å². The molecule has 1 N–H and O–H groups in total. The average molecular weight is 277 g/mol. The van der Waals surface area contributed by atoms with Crippen LogP contribution >= 0.6 is 0 Å². The van der Waals surface area contributed by atoms with E-state index < -0.39 is 0 Å². The van der Waals surface area contributed by atoms with Gasteiger partial charge in [-0.15, -0.1) is 0 Å². The summed E-state index contributed by atoms with van der Waals surface area (Å²) in [6.45, 7) is 2.16. The van der Waals surface area contributed by atoms with E-state index in [1.54, 1.807) is 0 Å². The molecule has 0 aliphatic heterocycles. The standard InChI is InChI=1S/C20H23N/c1-14-6-8-15(9-7-14)20(16-10-11-16)21-19-12-17-4-2-3-5-18(17)13-19/h2-9,16,19-21H,10-13H2,1H3. The van der Waals surface area contributed by atoms with Crippen LogP contribution in [0.15, 0.2) is 48.5 Å². The Hall–Kier alpha value is -1.60. The fourth-order valence-electron chi connectivity index (χ4n) is 3.64. The molecule has 0 bridgehead atoms. The van der Waals surface area contributed by atoms with Crippen LogP contribution in [0.2, 0.25) is 0 Å². The Morgan fingerprint density at radius 3 is 2.10 bits per heavy atom. The zero-order chi connectivity index (χ0) is 14.2. The van der Waals surface area contributed by atoms with Gasteiger partial charge >= 0.3 is 0 Å². The van der Waals surface area contributed by atoms with Crippen LogP contribution in [0.4, 0.5) is 0 Å². The molecule has 0 radical (unpaired) electrons. The van der Waals surface area contributed by atoms with Crippen LogP contribution in [0.1, 0.15) is 41.1 Å². The lowest BCUT2D eigenvalue weighted by molar-refractivity contribution is 0.410. The maximum absolute atomic E-state index is 3.96. The van der Waals surface area contributed by atoms with Gasteiger partial charge in [0.25, 0.3) is 0 Å². The molecular formula is C20H23N. The number of hydrogen-bond acceptors (Lipinski definition) is 1. The third-order valence-electron chi connectivity index (χ3n) is 5.00. The third-order valence-corrected chi connectivity index (χ3v) is 5.00. The van der Waals surface area contributed by atoms with E-state index in [-0.39, 0.29) is 0 Å². The molecule has 0 heterocycles. The molecule has 2 aromatic rings. The van der Waals surface area contributed by atoms with E-state index in [2.05, 4.69) is 60.8 Å². The van der Waals surface area contributed by atoms with Crippen molar-refractivity contribution in [3.05, 3.63) is 70.8 Å². The number of fused-ring (bicyclic) bond motifs is 1. The smallest absolute Gasteiger partial charge is 0.0351 e. The molecule has 2 aliphatic rings. The highest BCUT2D eigenvalue weighted by atomic mass is 15.0. The molecule has 0 amide bonds. The zero-order valence-electron chi connectivity index (χ0n) is 12.7. The highest BCUT2D eigenvalue weighted by Crippen LogP contribution is 2.42. The van der Waals surface area contributed by atoms with Gasteiger partial charge in [-0.1, -0.05) is 54.1 Å². The second-order valence-electron chi connectivity index (χ2n) is 6.77. The fraction of sp³-hybridized carbons (Fsp3) is 0.400. The van der Waals surface area contributed by atoms with E-state index >= 15 is 0 Å². The van der Waals surface area contributed by atoms with Gasteiger partial charge in [-0.05, 0) is 55.2 Å². The molecule has 108 valence electrons. The first-order chi connectivity index (χ1) is 10.3. The third kappa shape index (κ3) is 2.75. The van der Waals surface area contributed by atoms with Gasteiger partial charge in [0.05, 0.1) is 0 Å². The topological polar surface area (TPSA) is 12.0 Å². The molecule has 1 unspecified atom stereocenters. The predicted molar refractivity (Wildman–Crippen MR) is 87.4 cm³/mol.